The highest BCUT2D eigenvalue weighted by molar-refractivity contribution is 9.10. The summed E-state index contributed by atoms with van der Waals surface area (Å²) < 4.78 is 0.705. The lowest BCUT2D eigenvalue weighted by Crippen LogP contribution is -2.41. The van der Waals surface area contributed by atoms with Gasteiger partial charge in [0.2, 0.25) is 5.91 Å². The van der Waals surface area contributed by atoms with Crippen molar-refractivity contribution in [2.24, 2.45) is 0 Å². The topological polar surface area (TPSA) is 78.4 Å². The first-order valence-electron chi connectivity index (χ1n) is 5.77. The summed E-state index contributed by atoms with van der Waals surface area (Å²) in [6.45, 7) is 5.96. The molecule has 0 fully saturated rings. The fourth-order valence-corrected chi connectivity index (χ4v) is 1.71. The van der Waals surface area contributed by atoms with Crippen molar-refractivity contribution in [1.82, 2.24) is 5.32 Å². The van der Waals surface area contributed by atoms with E-state index in [2.05, 4.69) is 26.6 Å². The van der Waals surface area contributed by atoms with E-state index in [1.165, 1.54) is 6.07 Å². The highest BCUT2D eigenvalue weighted by Crippen LogP contribution is 2.21. The third-order valence-electron chi connectivity index (χ3n) is 2.27. The van der Waals surface area contributed by atoms with Crippen LogP contribution < -0.4 is 10.6 Å². The summed E-state index contributed by atoms with van der Waals surface area (Å²) in [4.78, 5) is 22.8. The van der Waals surface area contributed by atoms with Crippen LogP contribution in [0.15, 0.2) is 22.7 Å². The highest BCUT2D eigenvalue weighted by atomic mass is 79.9. The van der Waals surface area contributed by atoms with Crippen molar-refractivity contribution >= 4 is 33.5 Å². The van der Waals surface area contributed by atoms with E-state index in [-0.39, 0.29) is 29.2 Å². The van der Waals surface area contributed by atoms with E-state index in [0.29, 0.717) is 4.47 Å². The number of aromatic carboxylic acids is 1. The molecule has 0 spiro atoms. The van der Waals surface area contributed by atoms with Gasteiger partial charge in [-0.3, -0.25) is 4.79 Å². The number of hydrogen-bond acceptors (Lipinski definition) is 3. The summed E-state index contributed by atoms with van der Waals surface area (Å²) in [5.74, 6) is -1.36. The zero-order chi connectivity index (χ0) is 14.6. The molecule has 0 heterocycles. The minimum atomic E-state index is -1.08. The molecular weight excluding hydrogens is 312 g/mol. The van der Waals surface area contributed by atoms with Crippen LogP contribution in [0.4, 0.5) is 5.69 Å². The second kappa shape index (κ2) is 6.16. The van der Waals surface area contributed by atoms with Crippen molar-refractivity contribution in [3.8, 4) is 0 Å². The predicted molar refractivity (Wildman–Crippen MR) is 77.5 cm³/mol. The number of hydrogen-bond donors (Lipinski definition) is 3. The van der Waals surface area contributed by atoms with Gasteiger partial charge in [-0.15, -0.1) is 0 Å². The Kier molecular flexibility index (Phi) is 5.08. The van der Waals surface area contributed by atoms with Crippen LogP contribution in [0, 0.1) is 0 Å². The van der Waals surface area contributed by atoms with Crippen molar-refractivity contribution in [2.45, 2.75) is 26.3 Å². The number of carboxylic acids is 1. The first-order valence-corrected chi connectivity index (χ1v) is 6.56. The van der Waals surface area contributed by atoms with Crippen LogP contribution in [0.25, 0.3) is 0 Å². The number of anilines is 1. The third kappa shape index (κ3) is 5.40. The van der Waals surface area contributed by atoms with E-state index in [0.717, 1.165) is 0 Å². The fraction of sp³-hybridized carbons (Fsp3) is 0.385. The second-order valence-electron chi connectivity index (χ2n) is 5.15. The maximum atomic E-state index is 11.8. The number of carbonyl (C=O) groups excluding carboxylic acids is 1. The number of carbonyl (C=O) groups is 2. The van der Waals surface area contributed by atoms with Gasteiger partial charge in [0.1, 0.15) is 0 Å². The van der Waals surface area contributed by atoms with Gasteiger partial charge in [0.15, 0.2) is 0 Å². The van der Waals surface area contributed by atoms with Crippen LogP contribution >= 0.6 is 15.9 Å². The van der Waals surface area contributed by atoms with Gasteiger partial charge in [-0.1, -0.05) is 15.9 Å². The van der Waals surface area contributed by atoms with E-state index < -0.39 is 5.97 Å². The molecule has 0 radical (unpaired) electrons. The average Bonchev–Trinajstić information content (AvgIpc) is 2.25. The van der Waals surface area contributed by atoms with Gasteiger partial charge in [0, 0.05) is 10.0 Å². The van der Waals surface area contributed by atoms with Gasteiger partial charge < -0.3 is 15.7 Å². The first kappa shape index (κ1) is 15.7. The monoisotopic (exact) mass is 328 g/mol. The predicted octanol–water partition coefficient (Wildman–Crippen LogP) is 2.47. The molecule has 0 atom stereocenters. The van der Waals surface area contributed by atoms with Gasteiger partial charge in [0.05, 0.1) is 17.8 Å². The molecule has 6 heteroatoms. The van der Waals surface area contributed by atoms with Crippen LogP contribution in [0.5, 0.6) is 0 Å². The number of amides is 1. The Labute approximate surface area is 120 Å². The SMILES string of the molecule is CC(C)(C)NCC(=O)Nc1cc(Br)ccc1C(=O)O. The van der Waals surface area contributed by atoms with Gasteiger partial charge in [-0.2, -0.15) is 0 Å². The number of nitrogens with one attached hydrogen (secondary N) is 2. The molecule has 0 saturated carbocycles. The Balaban J connectivity index is 2.78. The molecule has 5 nitrogen and oxygen atoms in total. The van der Waals surface area contributed by atoms with Crippen LogP contribution in [-0.4, -0.2) is 29.1 Å². The Morgan fingerprint density at radius 3 is 2.47 bits per heavy atom. The Morgan fingerprint density at radius 2 is 1.95 bits per heavy atom. The molecule has 104 valence electrons. The molecule has 0 aliphatic carbocycles. The second-order valence-corrected chi connectivity index (χ2v) is 6.06. The maximum Gasteiger partial charge on any atom is 0.337 e. The Morgan fingerprint density at radius 1 is 1.32 bits per heavy atom. The summed E-state index contributed by atoms with van der Waals surface area (Å²) in [6, 6.07) is 4.63. The fourth-order valence-electron chi connectivity index (χ4n) is 1.35. The lowest BCUT2D eigenvalue weighted by molar-refractivity contribution is -0.115. The molecule has 1 rings (SSSR count). The zero-order valence-electron chi connectivity index (χ0n) is 11.1. The lowest BCUT2D eigenvalue weighted by atomic mass is 10.1. The summed E-state index contributed by atoms with van der Waals surface area (Å²) in [5.41, 5.74) is 0.166. The molecular formula is C13H17BrN2O3. The van der Waals surface area contributed by atoms with Gasteiger partial charge in [0.25, 0.3) is 0 Å². The zero-order valence-corrected chi connectivity index (χ0v) is 12.7. The number of rotatable bonds is 4. The van der Waals surface area contributed by atoms with E-state index >= 15 is 0 Å². The molecule has 1 amide bonds. The highest BCUT2D eigenvalue weighted by Gasteiger charge is 2.15. The Hall–Kier alpha value is -1.40. The van der Waals surface area contributed by atoms with E-state index in [4.69, 9.17) is 5.11 Å². The molecule has 0 bridgehead atoms. The molecule has 1 aromatic carbocycles. The molecule has 1 aromatic rings. The maximum absolute atomic E-state index is 11.8. The Bertz CT molecular complexity index is 495. The largest absolute Gasteiger partial charge is 0.478 e. The van der Waals surface area contributed by atoms with Crippen LogP contribution in [0.3, 0.4) is 0 Å². The minimum Gasteiger partial charge on any atom is -0.478 e. The minimum absolute atomic E-state index is 0.0623. The molecule has 0 unspecified atom stereocenters. The van der Waals surface area contributed by atoms with Crippen molar-refractivity contribution in [2.75, 3.05) is 11.9 Å². The van der Waals surface area contributed by atoms with Crippen LogP contribution in [0.1, 0.15) is 31.1 Å². The van der Waals surface area contributed by atoms with Crippen molar-refractivity contribution in [1.29, 1.82) is 0 Å². The van der Waals surface area contributed by atoms with Gasteiger partial charge in [-0.25, -0.2) is 4.79 Å². The van der Waals surface area contributed by atoms with E-state index in [1.807, 2.05) is 20.8 Å². The van der Waals surface area contributed by atoms with Crippen molar-refractivity contribution < 1.29 is 14.7 Å². The summed E-state index contributed by atoms with van der Waals surface area (Å²) >= 11 is 3.25. The molecule has 0 aromatic heterocycles. The van der Waals surface area contributed by atoms with Crippen molar-refractivity contribution in [3.05, 3.63) is 28.2 Å². The molecule has 3 N–H and O–H groups in total. The number of halogens is 1. The normalized spacial score (nSPS) is 11.2. The van der Waals surface area contributed by atoms with Gasteiger partial charge in [-0.05, 0) is 39.0 Å². The number of benzene rings is 1. The van der Waals surface area contributed by atoms with Crippen LogP contribution in [0.2, 0.25) is 0 Å². The van der Waals surface area contributed by atoms with Crippen molar-refractivity contribution in [3.63, 3.8) is 0 Å². The third-order valence-corrected chi connectivity index (χ3v) is 2.76. The molecule has 0 saturated heterocycles. The first-order chi connectivity index (χ1) is 8.69. The standard InChI is InChI=1S/C13H17BrN2O3/c1-13(2,3)15-7-11(17)16-10-6-8(14)4-5-9(10)12(18)19/h4-6,15H,7H2,1-3H3,(H,16,17)(H,18,19). The summed E-state index contributed by atoms with van der Waals surface area (Å²) in [7, 11) is 0. The van der Waals surface area contributed by atoms with E-state index in [9.17, 15) is 9.59 Å². The smallest absolute Gasteiger partial charge is 0.337 e. The molecule has 19 heavy (non-hydrogen) atoms. The quantitative estimate of drug-likeness (QED) is 0.793. The molecule has 0 aliphatic heterocycles. The summed E-state index contributed by atoms with van der Waals surface area (Å²) in [6.07, 6.45) is 0. The average molecular weight is 329 g/mol. The van der Waals surface area contributed by atoms with E-state index in [1.54, 1.807) is 12.1 Å². The summed E-state index contributed by atoms with van der Waals surface area (Å²) in [5, 5.41) is 14.7. The van der Waals surface area contributed by atoms with Crippen LogP contribution in [-0.2, 0) is 4.79 Å². The lowest BCUT2D eigenvalue weighted by Gasteiger charge is -2.20. The van der Waals surface area contributed by atoms with Gasteiger partial charge >= 0.3 is 5.97 Å². The molecule has 0 aliphatic rings. The number of carboxylic acid groups (broad SMARTS) is 1.